The van der Waals surface area contributed by atoms with Crippen molar-refractivity contribution in [2.75, 3.05) is 19.8 Å². The van der Waals surface area contributed by atoms with Crippen LogP contribution in [-0.2, 0) is 11.2 Å². The van der Waals surface area contributed by atoms with E-state index in [0.29, 0.717) is 22.4 Å². The van der Waals surface area contributed by atoms with E-state index in [1.54, 1.807) is 19.0 Å². The number of halogens is 1. The van der Waals surface area contributed by atoms with Gasteiger partial charge in [-0.2, -0.15) is 0 Å². The highest BCUT2D eigenvalue weighted by atomic mass is 35.5. The van der Waals surface area contributed by atoms with Crippen molar-refractivity contribution < 1.29 is 4.79 Å². The summed E-state index contributed by atoms with van der Waals surface area (Å²) in [7, 11) is 3.49. The normalized spacial score (nSPS) is 10.7. The predicted molar refractivity (Wildman–Crippen MR) is 105 cm³/mol. The molecule has 0 radical (unpaired) electrons. The Morgan fingerprint density at radius 2 is 1.77 bits per heavy atom. The zero-order valence-electron chi connectivity index (χ0n) is 14.6. The fourth-order valence-corrected chi connectivity index (χ4v) is 3.47. The molecule has 0 atom stereocenters. The molecule has 3 aromatic rings. The number of hydrogen-bond donors (Lipinski definition) is 0. The molecule has 1 amide bonds. The quantitative estimate of drug-likeness (QED) is 0.606. The second-order valence-electron chi connectivity index (χ2n) is 5.95. The van der Waals surface area contributed by atoms with Gasteiger partial charge in [0, 0.05) is 31.2 Å². The first-order valence-corrected chi connectivity index (χ1v) is 9.48. The van der Waals surface area contributed by atoms with Gasteiger partial charge >= 0.3 is 0 Å². The molecule has 0 bridgehead atoms. The minimum atomic E-state index is 0.0327. The molecule has 0 fully saturated rings. The summed E-state index contributed by atoms with van der Waals surface area (Å²) in [6.07, 6.45) is 0.651. The maximum absolute atomic E-state index is 11.9. The largest absolute Gasteiger partial charge is 0.348 e. The van der Waals surface area contributed by atoms with Crippen molar-refractivity contribution in [1.29, 1.82) is 0 Å². The van der Waals surface area contributed by atoms with Crippen molar-refractivity contribution in [3.05, 3.63) is 71.0 Å². The van der Waals surface area contributed by atoms with E-state index < -0.39 is 0 Å². The molecule has 0 saturated carbocycles. The van der Waals surface area contributed by atoms with Crippen molar-refractivity contribution in [1.82, 2.24) is 19.7 Å². The van der Waals surface area contributed by atoms with Crippen LogP contribution in [0.1, 0.15) is 11.4 Å². The number of benzene rings is 2. The van der Waals surface area contributed by atoms with Crippen LogP contribution in [0.15, 0.2) is 59.8 Å². The molecular formula is C19H19ClN4OS. The third-order valence-electron chi connectivity index (χ3n) is 3.81. The summed E-state index contributed by atoms with van der Waals surface area (Å²) >= 11 is 7.40. The summed E-state index contributed by atoms with van der Waals surface area (Å²) in [4.78, 5) is 13.5. The molecule has 26 heavy (non-hydrogen) atoms. The van der Waals surface area contributed by atoms with E-state index in [1.807, 2.05) is 47.0 Å². The average Bonchev–Trinajstić information content (AvgIpc) is 3.03. The standard InChI is InChI=1S/C19H19ClN4OS/c1-23(2)18(25)13-26-19-22-21-17(12-14-6-4-3-5-7-14)24(19)16-10-8-15(20)9-11-16/h3-11H,12-13H2,1-2H3. The molecule has 0 aliphatic rings. The highest BCUT2D eigenvalue weighted by molar-refractivity contribution is 7.99. The lowest BCUT2D eigenvalue weighted by Crippen LogP contribution is -2.23. The van der Waals surface area contributed by atoms with Gasteiger partial charge in [0.15, 0.2) is 5.16 Å². The fourth-order valence-electron chi connectivity index (χ4n) is 2.39. The van der Waals surface area contributed by atoms with Crippen molar-refractivity contribution in [3.8, 4) is 5.69 Å². The molecular weight excluding hydrogens is 368 g/mol. The van der Waals surface area contributed by atoms with E-state index >= 15 is 0 Å². The van der Waals surface area contributed by atoms with Gasteiger partial charge in [-0.3, -0.25) is 9.36 Å². The number of nitrogens with zero attached hydrogens (tertiary/aromatic N) is 4. The average molecular weight is 387 g/mol. The zero-order chi connectivity index (χ0) is 18.5. The summed E-state index contributed by atoms with van der Waals surface area (Å²) < 4.78 is 1.98. The topological polar surface area (TPSA) is 51.0 Å². The molecule has 0 aliphatic carbocycles. The first-order chi connectivity index (χ1) is 12.5. The van der Waals surface area contributed by atoms with E-state index in [1.165, 1.54) is 11.8 Å². The van der Waals surface area contributed by atoms with Crippen molar-refractivity contribution in [2.45, 2.75) is 11.6 Å². The van der Waals surface area contributed by atoms with Gasteiger partial charge in [-0.15, -0.1) is 10.2 Å². The van der Waals surface area contributed by atoms with E-state index in [-0.39, 0.29) is 5.91 Å². The molecule has 2 aromatic carbocycles. The van der Waals surface area contributed by atoms with Crippen LogP contribution in [0.25, 0.3) is 5.69 Å². The Hall–Kier alpha value is -2.31. The van der Waals surface area contributed by atoms with Crippen LogP contribution in [0.3, 0.4) is 0 Å². The first kappa shape index (κ1) is 18.5. The lowest BCUT2D eigenvalue weighted by atomic mass is 10.1. The van der Waals surface area contributed by atoms with Gasteiger partial charge in [-0.05, 0) is 29.8 Å². The Bertz CT molecular complexity index is 878. The molecule has 0 N–H and O–H groups in total. The minimum Gasteiger partial charge on any atom is -0.348 e. The molecule has 0 spiro atoms. The van der Waals surface area contributed by atoms with Crippen LogP contribution in [0.2, 0.25) is 5.02 Å². The Morgan fingerprint density at radius 1 is 1.08 bits per heavy atom. The summed E-state index contributed by atoms with van der Waals surface area (Å²) in [6.45, 7) is 0. The Balaban J connectivity index is 1.93. The van der Waals surface area contributed by atoms with Crippen molar-refractivity contribution in [2.24, 2.45) is 0 Å². The van der Waals surface area contributed by atoms with E-state index in [0.717, 1.165) is 17.1 Å². The van der Waals surface area contributed by atoms with Crippen LogP contribution >= 0.6 is 23.4 Å². The fraction of sp³-hybridized carbons (Fsp3) is 0.211. The molecule has 1 heterocycles. The van der Waals surface area contributed by atoms with E-state index in [9.17, 15) is 4.79 Å². The second-order valence-corrected chi connectivity index (χ2v) is 7.33. The van der Waals surface area contributed by atoms with E-state index in [4.69, 9.17) is 11.6 Å². The van der Waals surface area contributed by atoms with Gasteiger partial charge in [0.2, 0.25) is 5.91 Å². The van der Waals surface area contributed by atoms with Crippen LogP contribution < -0.4 is 0 Å². The van der Waals surface area contributed by atoms with Crippen LogP contribution in [0, 0.1) is 0 Å². The SMILES string of the molecule is CN(C)C(=O)CSc1nnc(Cc2ccccc2)n1-c1ccc(Cl)cc1. The Morgan fingerprint density at radius 3 is 2.42 bits per heavy atom. The summed E-state index contributed by atoms with van der Waals surface area (Å²) in [5.74, 6) is 1.16. The van der Waals surface area contributed by atoms with Gasteiger partial charge in [-0.1, -0.05) is 53.7 Å². The smallest absolute Gasteiger partial charge is 0.232 e. The van der Waals surface area contributed by atoms with Gasteiger partial charge in [-0.25, -0.2) is 0 Å². The lowest BCUT2D eigenvalue weighted by molar-refractivity contribution is -0.125. The number of aromatic nitrogens is 3. The van der Waals surface area contributed by atoms with Gasteiger partial charge in [0.1, 0.15) is 5.82 Å². The van der Waals surface area contributed by atoms with Gasteiger partial charge in [0.05, 0.1) is 5.75 Å². The lowest BCUT2D eigenvalue weighted by Gasteiger charge is -2.12. The highest BCUT2D eigenvalue weighted by Crippen LogP contribution is 2.24. The van der Waals surface area contributed by atoms with Gasteiger partial charge in [0.25, 0.3) is 0 Å². The van der Waals surface area contributed by atoms with E-state index in [2.05, 4.69) is 22.3 Å². The molecule has 1 aromatic heterocycles. The maximum atomic E-state index is 11.9. The summed E-state index contributed by atoms with van der Waals surface area (Å²) in [6, 6.07) is 17.6. The molecule has 134 valence electrons. The number of thioether (sulfide) groups is 1. The third-order valence-corrected chi connectivity index (χ3v) is 4.98. The number of carbonyl (C=O) groups is 1. The molecule has 3 rings (SSSR count). The molecule has 0 saturated heterocycles. The minimum absolute atomic E-state index is 0.0327. The van der Waals surface area contributed by atoms with Crippen molar-refractivity contribution in [3.63, 3.8) is 0 Å². The number of amides is 1. The Labute approximate surface area is 162 Å². The maximum Gasteiger partial charge on any atom is 0.232 e. The van der Waals surface area contributed by atoms with Gasteiger partial charge < -0.3 is 4.90 Å². The summed E-state index contributed by atoms with van der Waals surface area (Å²) in [5.41, 5.74) is 2.07. The third kappa shape index (κ3) is 4.45. The molecule has 0 aliphatic heterocycles. The highest BCUT2D eigenvalue weighted by Gasteiger charge is 2.16. The summed E-state index contributed by atoms with van der Waals surface area (Å²) in [5, 5.41) is 10.0. The molecule has 5 nitrogen and oxygen atoms in total. The first-order valence-electron chi connectivity index (χ1n) is 8.11. The van der Waals surface area contributed by atoms with Crippen LogP contribution in [0.4, 0.5) is 0 Å². The number of hydrogen-bond acceptors (Lipinski definition) is 4. The van der Waals surface area contributed by atoms with Crippen LogP contribution in [0.5, 0.6) is 0 Å². The number of rotatable bonds is 6. The monoisotopic (exact) mass is 386 g/mol. The van der Waals surface area contributed by atoms with Crippen LogP contribution in [-0.4, -0.2) is 45.4 Å². The Kier molecular flexibility index (Phi) is 5.96. The molecule has 7 heteroatoms. The zero-order valence-corrected chi connectivity index (χ0v) is 16.2. The number of carbonyl (C=O) groups excluding carboxylic acids is 1. The van der Waals surface area contributed by atoms with Crippen molar-refractivity contribution >= 4 is 29.3 Å². The second kappa shape index (κ2) is 8.38. The molecule has 0 unspecified atom stereocenters. The predicted octanol–water partition coefficient (Wildman–Crippen LogP) is 3.69.